The normalized spacial score (nSPS) is 10.5. The lowest BCUT2D eigenvalue weighted by molar-refractivity contribution is 0.0693. The third-order valence-electron chi connectivity index (χ3n) is 2.20. The molecule has 0 unspecified atom stereocenters. The van der Waals surface area contributed by atoms with Crippen LogP contribution in [0.15, 0.2) is 31.7 Å². The molecule has 0 aromatic carbocycles. The van der Waals surface area contributed by atoms with Crippen molar-refractivity contribution in [3.8, 4) is 0 Å². The van der Waals surface area contributed by atoms with Crippen LogP contribution >= 0.6 is 27.3 Å². The second-order valence-corrected chi connectivity index (χ2v) is 5.99. The van der Waals surface area contributed by atoms with Crippen molar-refractivity contribution in [3.63, 3.8) is 0 Å². The highest BCUT2D eigenvalue weighted by Gasteiger charge is 2.12. The average molecular weight is 331 g/mol. The molecule has 2 aromatic rings. The van der Waals surface area contributed by atoms with Crippen molar-refractivity contribution in [1.29, 1.82) is 0 Å². The fourth-order valence-electron chi connectivity index (χ4n) is 1.38. The molecular formula is C10H7BrN2O4S. The number of H-pyrrole nitrogens is 1. The van der Waals surface area contributed by atoms with Crippen LogP contribution in [0.4, 0.5) is 0 Å². The fourth-order valence-corrected chi connectivity index (χ4v) is 2.87. The molecule has 0 atom stereocenters. The molecule has 6 nitrogen and oxygen atoms in total. The van der Waals surface area contributed by atoms with Gasteiger partial charge in [-0.3, -0.25) is 14.3 Å². The van der Waals surface area contributed by atoms with Gasteiger partial charge in [0.1, 0.15) is 5.56 Å². The number of nitrogens with zero attached hydrogens (tertiary/aromatic N) is 1. The van der Waals surface area contributed by atoms with Crippen LogP contribution in [0.1, 0.15) is 15.2 Å². The zero-order chi connectivity index (χ0) is 13.3. The van der Waals surface area contributed by atoms with E-state index in [0.717, 1.165) is 19.4 Å². The molecule has 0 aliphatic heterocycles. The van der Waals surface area contributed by atoms with Gasteiger partial charge in [-0.05, 0) is 28.1 Å². The molecular weight excluding hydrogens is 324 g/mol. The maximum Gasteiger partial charge on any atom is 0.342 e. The number of halogens is 1. The summed E-state index contributed by atoms with van der Waals surface area (Å²) in [5.41, 5.74) is -1.98. The molecule has 94 valence electrons. The summed E-state index contributed by atoms with van der Waals surface area (Å²) in [6.45, 7) is 0.214. The second kappa shape index (κ2) is 4.91. The summed E-state index contributed by atoms with van der Waals surface area (Å²) in [4.78, 5) is 36.4. The van der Waals surface area contributed by atoms with Gasteiger partial charge in [0, 0.05) is 11.1 Å². The molecule has 8 heteroatoms. The molecule has 0 saturated carbocycles. The topological polar surface area (TPSA) is 92.2 Å². The maximum atomic E-state index is 11.5. The van der Waals surface area contributed by atoms with E-state index in [1.165, 1.54) is 11.3 Å². The number of nitrogens with one attached hydrogen (secondary N) is 1. The quantitative estimate of drug-likeness (QED) is 0.881. The van der Waals surface area contributed by atoms with Crippen molar-refractivity contribution < 1.29 is 9.90 Å². The molecule has 2 N–H and O–H groups in total. The van der Waals surface area contributed by atoms with E-state index >= 15 is 0 Å². The van der Waals surface area contributed by atoms with E-state index in [2.05, 4.69) is 15.9 Å². The van der Waals surface area contributed by atoms with Crippen molar-refractivity contribution in [1.82, 2.24) is 9.55 Å². The molecule has 0 spiro atoms. The van der Waals surface area contributed by atoms with E-state index in [-0.39, 0.29) is 6.54 Å². The number of carboxylic acid groups (broad SMARTS) is 1. The van der Waals surface area contributed by atoms with Crippen molar-refractivity contribution in [2.45, 2.75) is 6.54 Å². The van der Waals surface area contributed by atoms with Crippen molar-refractivity contribution in [2.24, 2.45) is 0 Å². The third-order valence-corrected chi connectivity index (χ3v) is 3.80. The number of thiophene rings is 1. The molecule has 2 heterocycles. The monoisotopic (exact) mass is 330 g/mol. The molecule has 2 aromatic heterocycles. The van der Waals surface area contributed by atoms with Gasteiger partial charge in [0.2, 0.25) is 0 Å². The smallest absolute Gasteiger partial charge is 0.342 e. The zero-order valence-corrected chi connectivity index (χ0v) is 11.2. The molecule has 0 bridgehead atoms. The minimum atomic E-state index is -1.36. The molecule has 0 aliphatic rings. The molecule has 0 amide bonds. The fraction of sp³-hybridized carbons (Fsp3) is 0.100. The molecule has 0 saturated heterocycles. The number of hydrogen-bond donors (Lipinski definition) is 2. The van der Waals surface area contributed by atoms with Gasteiger partial charge in [0.25, 0.3) is 5.56 Å². The Morgan fingerprint density at radius 1 is 1.44 bits per heavy atom. The Morgan fingerprint density at radius 3 is 2.72 bits per heavy atom. The predicted octanol–water partition coefficient (Wildman–Crippen LogP) is 1.11. The van der Waals surface area contributed by atoms with E-state index in [9.17, 15) is 14.4 Å². The number of carbonyl (C=O) groups is 1. The predicted molar refractivity (Wildman–Crippen MR) is 69.4 cm³/mol. The second-order valence-electron chi connectivity index (χ2n) is 3.44. The van der Waals surface area contributed by atoms with Gasteiger partial charge in [-0.25, -0.2) is 9.59 Å². The standard InChI is InChI=1S/C10H7BrN2O4S/c11-7-2-1-5(18-7)3-13-4-6(9(15)16)8(14)12-10(13)17/h1-2,4H,3H2,(H,15,16)(H,12,14,17). The van der Waals surface area contributed by atoms with E-state index in [4.69, 9.17) is 5.11 Å². The number of hydrogen-bond acceptors (Lipinski definition) is 4. The summed E-state index contributed by atoms with van der Waals surface area (Å²) in [6, 6.07) is 3.64. The van der Waals surface area contributed by atoms with E-state index in [1.807, 2.05) is 17.1 Å². The van der Waals surface area contributed by atoms with Crippen LogP contribution in [-0.2, 0) is 6.54 Å². The third kappa shape index (κ3) is 2.59. The first kappa shape index (κ1) is 12.8. The van der Waals surface area contributed by atoms with Crippen LogP contribution in [0.5, 0.6) is 0 Å². The Morgan fingerprint density at radius 2 is 2.17 bits per heavy atom. The van der Waals surface area contributed by atoms with Gasteiger partial charge in [-0.15, -0.1) is 11.3 Å². The first-order valence-electron chi connectivity index (χ1n) is 4.78. The maximum absolute atomic E-state index is 11.5. The summed E-state index contributed by atoms with van der Waals surface area (Å²) in [6.07, 6.45) is 1.05. The molecule has 0 aliphatic carbocycles. The summed E-state index contributed by atoms with van der Waals surface area (Å²) in [5, 5.41) is 8.81. The van der Waals surface area contributed by atoms with Gasteiger partial charge in [0.15, 0.2) is 0 Å². The lowest BCUT2D eigenvalue weighted by Crippen LogP contribution is -2.33. The van der Waals surface area contributed by atoms with Gasteiger partial charge in [-0.2, -0.15) is 0 Å². The van der Waals surface area contributed by atoms with Crippen molar-refractivity contribution >= 4 is 33.2 Å². The van der Waals surface area contributed by atoms with Crippen molar-refractivity contribution in [3.05, 3.63) is 53.4 Å². The zero-order valence-electron chi connectivity index (χ0n) is 8.84. The first-order chi connectivity index (χ1) is 8.47. The lowest BCUT2D eigenvalue weighted by Gasteiger charge is -2.03. The molecule has 2 rings (SSSR count). The minimum Gasteiger partial charge on any atom is -0.477 e. The molecule has 18 heavy (non-hydrogen) atoms. The lowest BCUT2D eigenvalue weighted by atomic mass is 10.3. The summed E-state index contributed by atoms with van der Waals surface area (Å²) >= 11 is 4.72. The van der Waals surface area contributed by atoms with Gasteiger partial charge in [-0.1, -0.05) is 0 Å². The number of aromatic nitrogens is 2. The Hall–Kier alpha value is -1.67. The molecule has 0 fully saturated rings. The Balaban J connectivity index is 2.45. The number of rotatable bonds is 3. The highest BCUT2D eigenvalue weighted by molar-refractivity contribution is 9.11. The van der Waals surface area contributed by atoms with Crippen LogP contribution in [0.2, 0.25) is 0 Å². The largest absolute Gasteiger partial charge is 0.477 e. The highest BCUT2D eigenvalue weighted by atomic mass is 79.9. The number of aromatic amines is 1. The van der Waals surface area contributed by atoms with E-state index in [0.29, 0.717) is 0 Å². The van der Waals surface area contributed by atoms with Gasteiger partial charge < -0.3 is 5.11 Å². The highest BCUT2D eigenvalue weighted by Crippen LogP contribution is 2.22. The Bertz CT molecular complexity index is 715. The Labute approximate surface area is 113 Å². The number of carboxylic acids is 1. The van der Waals surface area contributed by atoms with E-state index < -0.39 is 22.8 Å². The minimum absolute atomic E-state index is 0.214. The van der Waals surface area contributed by atoms with Crippen LogP contribution in [-0.4, -0.2) is 20.6 Å². The SMILES string of the molecule is O=C(O)c1cn(Cc2ccc(Br)s2)c(=O)[nH]c1=O. The van der Waals surface area contributed by atoms with Gasteiger partial charge >= 0.3 is 11.7 Å². The van der Waals surface area contributed by atoms with Crippen LogP contribution in [0, 0.1) is 0 Å². The van der Waals surface area contributed by atoms with Crippen LogP contribution in [0.25, 0.3) is 0 Å². The Kier molecular flexibility index (Phi) is 3.48. The first-order valence-corrected chi connectivity index (χ1v) is 6.39. The number of aromatic carboxylic acids is 1. The summed E-state index contributed by atoms with van der Waals surface area (Å²) < 4.78 is 2.07. The summed E-state index contributed by atoms with van der Waals surface area (Å²) in [5.74, 6) is -1.36. The molecule has 0 radical (unpaired) electrons. The van der Waals surface area contributed by atoms with E-state index in [1.54, 1.807) is 0 Å². The average Bonchev–Trinajstić information content (AvgIpc) is 2.67. The van der Waals surface area contributed by atoms with Crippen molar-refractivity contribution in [2.75, 3.05) is 0 Å². The summed E-state index contributed by atoms with van der Waals surface area (Å²) in [7, 11) is 0. The van der Waals surface area contributed by atoms with Gasteiger partial charge in [0.05, 0.1) is 10.3 Å². The van der Waals surface area contributed by atoms with Crippen LogP contribution < -0.4 is 11.2 Å². The van der Waals surface area contributed by atoms with Crippen LogP contribution in [0.3, 0.4) is 0 Å².